The highest BCUT2D eigenvalue weighted by atomic mass is 17.2. The first kappa shape index (κ1) is 11.6. The van der Waals surface area contributed by atoms with Gasteiger partial charge in [-0.2, -0.15) is 4.89 Å². The highest BCUT2D eigenvalue weighted by Crippen LogP contribution is 1.90. The number of rotatable bonds is 6. The Morgan fingerprint density at radius 1 is 1.38 bits per heavy atom. The van der Waals surface area contributed by atoms with Crippen molar-refractivity contribution in [1.29, 1.82) is 0 Å². The van der Waals surface area contributed by atoms with Crippen molar-refractivity contribution in [1.82, 2.24) is 0 Å². The summed E-state index contributed by atoms with van der Waals surface area (Å²) in [5, 5.41) is 8.14. The molecule has 0 rings (SSSR count). The molecule has 0 saturated heterocycles. The van der Waals surface area contributed by atoms with Crippen LogP contribution in [0.2, 0.25) is 0 Å². The molecule has 0 aliphatic rings. The molecule has 13 heavy (non-hydrogen) atoms. The van der Waals surface area contributed by atoms with Crippen LogP contribution < -0.4 is 0 Å². The maximum absolute atomic E-state index is 10.6. The van der Waals surface area contributed by atoms with E-state index in [-0.39, 0.29) is 0 Å². The maximum Gasteiger partial charge on any atom is 0.366 e. The summed E-state index contributed by atoms with van der Waals surface area (Å²) in [7, 11) is 0. The van der Waals surface area contributed by atoms with Crippen LogP contribution in [0.3, 0.4) is 0 Å². The zero-order valence-electron chi connectivity index (χ0n) is 7.36. The van der Waals surface area contributed by atoms with Crippen molar-refractivity contribution in [3.8, 4) is 0 Å². The predicted molar refractivity (Wildman–Crippen MR) is 43.7 cm³/mol. The van der Waals surface area contributed by atoms with Crippen LogP contribution in [0.5, 0.6) is 0 Å². The van der Waals surface area contributed by atoms with E-state index < -0.39 is 11.9 Å². The van der Waals surface area contributed by atoms with Gasteiger partial charge in [-0.3, -0.25) is 4.89 Å². The van der Waals surface area contributed by atoms with Crippen LogP contribution in [0.4, 0.5) is 0 Å². The number of carbonyl (C=O) groups excluding carboxylic acids is 1. The molecular formula is C8H12O5. The van der Waals surface area contributed by atoms with Crippen molar-refractivity contribution < 1.29 is 24.5 Å². The SMILES string of the molecule is CCCCOOC(=O)/C=C/C(=O)O. The van der Waals surface area contributed by atoms with Crippen LogP contribution in [-0.4, -0.2) is 23.7 Å². The van der Waals surface area contributed by atoms with Gasteiger partial charge in [-0.1, -0.05) is 13.3 Å². The Bertz CT molecular complexity index is 197. The molecule has 0 saturated carbocycles. The molecule has 0 aliphatic heterocycles. The Balaban J connectivity index is 3.46. The van der Waals surface area contributed by atoms with E-state index in [1.54, 1.807) is 0 Å². The minimum absolute atomic E-state index is 0.323. The van der Waals surface area contributed by atoms with Gasteiger partial charge in [0.25, 0.3) is 0 Å². The Morgan fingerprint density at radius 2 is 2.08 bits per heavy atom. The Morgan fingerprint density at radius 3 is 2.62 bits per heavy atom. The summed E-state index contributed by atoms with van der Waals surface area (Å²) >= 11 is 0. The van der Waals surface area contributed by atoms with Crippen LogP contribution >= 0.6 is 0 Å². The second-order valence-corrected chi connectivity index (χ2v) is 2.25. The molecule has 0 bridgehead atoms. The predicted octanol–water partition coefficient (Wildman–Crippen LogP) is 0.902. The quantitative estimate of drug-likeness (QED) is 0.290. The van der Waals surface area contributed by atoms with Gasteiger partial charge in [0.1, 0.15) is 0 Å². The smallest absolute Gasteiger partial charge is 0.366 e. The minimum atomic E-state index is -1.20. The van der Waals surface area contributed by atoms with Crippen LogP contribution in [-0.2, 0) is 19.4 Å². The fraction of sp³-hybridized carbons (Fsp3) is 0.500. The molecule has 0 amide bonds. The lowest BCUT2D eigenvalue weighted by atomic mass is 10.4. The van der Waals surface area contributed by atoms with Crippen molar-refractivity contribution in [2.24, 2.45) is 0 Å². The molecule has 0 aliphatic carbocycles. The van der Waals surface area contributed by atoms with Crippen LogP contribution in [0.1, 0.15) is 19.8 Å². The van der Waals surface area contributed by atoms with Gasteiger partial charge in [0, 0.05) is 12.2 Å². The average molecular weight is 188 g/mol. The molecule has 0 heterocycles. The van der Waals surface area contributed by atoms with Gasteiger partial charge in [-0.25, -0.2) is 9.59 Å². The van der Waals surface area contributed by atoms with E-state index in [9.17, 15) is 9.59 Å². The monoisotopic (exact) mass is 188 g/mol. The van der Waals surface area contributed by atoms with E-state index in [1.165, 1.54) is 0 Å². The molecule has 0 radical (unpaired) electrons. The van der Waals surface area contributed by atoms with Crippen molar-refractivity contribution in [2.45, 2.75) is 19.8 Å². The highest BCUT2D eigenvalue weighted by Gasteiger charge is 1.98. The topological polar surface area (TPSA) is 72.8 Å². The lowest BCUT2D eigenvalue weighted by Gasteiger charge is -1.98. The van der Waals surface area contributed by atoms with E-state index in [4.69, 9.17) is 5.11 Å². The number of aliphatic carboxylic acids is 1. The van der Waals surface area contributed by atoms with Crippen molar-refractivity contribution in [2.75, 3.05) is 6.61 Å². The van der Waals surface area contributed by atoms with Gasteiger partial charge >= 0.3 is 11.9 Å². The third-order valence-electron chi connectivity index (χ3n) is 1.08. The number of unbranched alkanes of at least 4 members (excludes halogenated alkanes) is 1. The fourth-order valence-electron chi connectivity index (χ4n) is 0.470. The van der Waals surface area contributed by atoms with Crippen LogP contribution in [0.25, 0.3) is 0 Å². The van der Waals surface area contributed by atoms with E-state index in [2.05, 4.69) is 9.78 Å². The van der Waals surface area contributed by atoms with Gasteiger partial charge in [0.15, 0.2) is 0 Å². The molecule has 74 valence electrons. The number of carboxylic acids is 1. The highest BCUT2D eigenvalue weighted by molar-refractivity contribution is 5.90. The molecule has 5 nitrogen and oxygen atoms in total. The summed E-state index contributed by atoms with van der Waals surface area (Å²) in [5.41, 5.74) is 0. The van der Waals surface area contributed by atoms with Crippen LogP contribution in [0.15, 0.2) is 12.2 Å². The first-order valence-electron chi connectivity index (χ1n) is 3.91. The zero-order chi connectivity index (χ0) is 10.1. The van der Waals surface area contributed by atoms with Gasteiger partial charge in [-0.05, 0) is 6.42 Å². The van der Waals surface area contributed by atoms with E-state index in [1.807, 2.05) is 6.92 Å². The second-order valence-electron chi connectivity index (χ2n) is 2.25. The molecule has 0 spiro atoms. The lowest BCUT2D eigenvalue weighted by molar-refractivity contribution is -0.267. The maximum atomic E-state index is 10.6. The van der Waals surface area contributed by atoms with Crippen molar-refractivity contribution in [3.63, 3.8) is 0 Å². The number of hydrogen-bond acceptors (Lipinski definition) is 4. The van der Waals surface area contributed by atoms with E-state index >= 15 is 0 Å². The number of hydrogen-bond donors (Lipinski definition) is 1. The lowest BCUT2D eigenvalue weighted by Crippen LogP contribution is -2.04. The Labute approximate surface area is 75.9 Å². The normalized spacial score (nSPS) is 10.2. The molecule has 1 N–H and O–H groups in total. The molecule has 5 heteroatoms. The largest absolute Gasteiger partial charge is 0.478 e. The van der Waals surface area contributed by atoms with Gasteiger partial charge in [0.2, 0.25) is 0 Å². The standard InChI is InChI=1S/C8H12O5/c1-2-3-6-12-13-8(11)5-4-7(9)10/h4-5H,2-3,6H2,1H3,(H,9,10)/b5-4+. The summed E-state index contributed by atoms with van der Waals surface area (Å²) in [6, 6.07) is 0. The molecule has 0 unspecified atom stereocenters. The molecule has 0 aromatic heterocycles. The van der Waals surface area contributed by atoms with E-state index in [0.717, 1.165) is 18.9 Å². The molecule has 0 fully saturated rings. The average Bonchev–Trinajstić information content (AvgIpc) is 2.09. The van der Waals surface area contributed by atoms with Crippen molar-refractivity contribution in [3.05, 3.63) is 12.2 Å². The second kappa shape index (κ2) is 7.30. The summed E-state index contributed by atoms with van der Waals surface area (Å²) in [4.78, 5) is 29.2. The number of carbonyl (C=O) groups is 2. The van der Waals surface area contributed by atoms with Gasteiger partial charge < -0.3 is 5.11 Å². The number of carboxylic acid groups (broad SMARTS) is 1. The summed E-state index contributed by atoms with van der Waals surface area (Å²) in [6.45, 7) is 2.29. The van der Waals surface area contributed by atoms with Crippen LogP contribution in [0, 0.1) is 0 Å². The molecule has 0 atom stereocenters. The summed E-state index contributed by atoms with van der Waals surface area (Å²) < 4.78 is 0. The first-order chi connectivity index (χ1) is 6.16. The Kier molecular flexibility index (Phi) is 6.53. The molecule has 0 aromatic rings. The fourth-order valence-corrected chi connectivity index (χ4v) is 0.470. The third-order valence-corrected chi connectivity index (χ3v) is 1.08. The van der Waals surface area contributed by atoms with Gasteiger partial charge in [0.05, 0.1) is 6.61 Å². The summed E-state index contributed by atoms with van der Waals surface area (Å²) in [5.74, 6) is -2.02. The molecular weight excluding hydrogens is 176 g/mol. The summed E-state index contributed by atoms with van der Waals surface area (Å²) in [6.07, 6.45) is 3.19. The van der Waals surface area contributed by atoms with Crippen molar-refractivity contribution >= 4 is 11.9 Å². The van der Waals surface area contributed by atoms with E-state index in [0.29, 0.717) is 12.7 Å². The third kappa shape index (κ3) is 8.55. The first-order valence-corrected chi connectivity index (χ1v) is 3.91. The zero-order valence-corrected chi connectivity index (χ0v) is 7.36. The minimum Gasteiger partial charge on any atom is -0.478 e. The molecule has 0 aromatic carbocycles. The van der Waals surface area contributed by atoms with Gasteiger partial charge in [-0.15, -0.1) is 0 Å². The Hall–Kier alpha value is -1.36.